The van der Waals surface area contributed by atoms with Crippen LogP contribution in [0.3, 0.4) is 0 Å². The number of pyridine rings is 2. The van der Waals surface area contributed by atoms with Gasteiger partial charge in [0.1, 0.15) is 25.4 Å². The third-order valence-corrected chi connectivity index (χ3v) is 8.74. The number of ether oxygens (including phenoxy) is 4. The van der Waals surface area contributed by atoms with Crippen LogP contribution in [0.15, 0.2) is 60.7 Å². The van der Waals surface area contributed by atoms with E-state index in [0.717, 1.165) is 38.9 Å². The van der Waals surface area contributed by atoms with Gasteiger partial charge < -0.3 is 39.6 Å². The van der Waals surface area contributed by atoms with Gasteiger partial charge in [0.15, 0.2) is 0 Å². The summed E-state index contributed by atoms with van der Waals surface area (Å²) in [7, 11) is 2.86. The van der Waals surface area contributed by atoms with Gasteiger partial charge in [-0.2, -0.15) is 18.7 Å². The van der Waals surface area contributed by atoms with Crippen LogP contribution in [0.2, 0.25) is 0 Å². The number of benzene rings is 2. The molecule has 11 nitrogen and oxygen atoms in total. The normalized spacial score (nSPS) is 12.7. The molecule has 2 heterocycles. The smallest absolute Gasteiger partial charge is 0.377 e. The van der Waals surface area contributed by atoms with Crippen molar-refractivity contribution >= 4 is 5.97 Å². The summed E-state index contributed by atoms with van der Waals surface area (Å²) < 4.78 is 75.0. The molecule has 0 aliphatic carbocycles. The highest BCUT2D eigenvalue weighted by Gasteiger charge is 2.46. The lowest BCUT2D eigenvalue weighted by molar-refractivity contribution is -0.181. The molecule has 0 aliphatic rings. The Bertz CT molecular complexity index is 1850. The zero-order valence-electron chi connectivity index (χ0n) is 29.7. The van der Waals surface area contributed by atoms with Crippen LogP contribution in [0.5, 0.6) is 23.5 Å². The van der Waals surface area contributed by atoms with Crippen LogP contribution in [0.25, 0.3) is 11.1 Å². The number of aliphatic carboxylic acids is 1. The van der Waals surface area contributed by atoms with E-state index in [1.54, 1.807) is 24.3 Å². The Morgan fingerprint density at radius 3 is 1.79 bits per heavy atom. The third kappa shape index (κ3) is 10.6. The van der Waals surface area contributed by atoms with Gasteiger partial charge in [-0.25, -0.2) is 13.6 Å². The average Bonchev–Trinajstić information content (AvgIpc) is 3.14. The molecule has 0 saturated heterocycles. The molecule has 0 amide bonds. The molecule has 2 unspecified atom stereocenters. The minimum absolute atomic E-state index is 0.0232. The van der Waals surface area contributed by atoms with E-state index in [1.807, 2.05) is 50.2 Å². The van der Waals surface area contributed by atoms with Crippen LogP contribution < -0.4 is 24.3 Å². The fourth-order valence-electron chi connectivity index (χ4n) is 5.55. The summed E-state index contributed by atoms with van der Waals surface area (Å²) >= 11 is 0. The molecule has 0 spiro atoms. The van der Waals surface area contributed by atoms with Gasteiger partial charge in [-0.05, 0) is 78.6 Å². The van der Waals surface area contributed by atoms with E-state index in [2.05, 4.69) is 15.3 Å². The zero-order chi connectivity index (χ0) is 38.7. The number of carbonyl (C=O) groups is 1. The maximum Gasteiger partial charge on any atom is 0.377 e. The molecule has 4 N–H and O–H groups in total. The number of aryl methyl sites for hydroxylation is 1. The van der Waals surface area contributed by atoms with E-state index < -0.39 is 37.1 Å². The molecule has 0 saturated carbocycles. The van der Waals surface area contributed by atoms with Crippen LogP contribution in [0, 0.1) is 13.8 Å². The Hall–Kier alpha value is -4.99. The number of carboxylic acids is 1. The molecule has 0 bridgehead atoms. The fraction of sp³-hybridized carbons (Fsp3) is 0.395. The topological polar surface area (TPSA) is 152 Å². The lowest BCUT2D eigenvalue weighted by Gasteiger charge is -2.19. The van der Waals surface area contributed by atoms with Crippen LogP contribution >= 0.6 is 0 Å². The Morgan fingerprint density at radius 1 is 0.792 bits per heavy atom. The van der Waals surface area contributed by atoms with Gasteiger partial charge in [0.25, 0.3) is 6.43 Å². The molecule has 0 aliphatic heterocycles. The number of hydrogen-bond acceptors (Lipinski definition) is 10. The largest absolute Gasteiger partial charge is 0.481 e. The fourth-order valence-corrected chi connectivity index (χ4v) is 5.55. The van der Waals surface area contributed by atoms with Crippen molar-refractivity contribution in [1.82, 2.24) is 15.3 Å². The van der Waals surface area contributed by atoms with Crippen molar-refractivity contribution in [3.05, 3.63) is 94.0 Å². The van der Waals surface area contributed by atoms with E-state index in [1.165, 1.54) is 14.2 Å². The number of aliphatic hydroxyl groups excluding tert-OH is 2. The van der Waals surface area contributed by atoms with E-state index in [9.17, 15) is 32.6 Å². The van der Waals surface area contributed by atoms with Gasteiger partial charge >= 0.3 is 11.9 Å². The summed E-state index contributed by atoms with van der Waals surface area (Å²) in [5.41, 5.74) is 7.04. The number of nitrogens with one attached hydrogen (secondary N) is 1. The number of halogens is 4. The highest BCUT2D eigenvalue weighted by molar-refractivity contribution is 5.76. The number of aliphatic hydroxyl groups is 2. The molecule has 15 heteroatoms. The van der Waals surface area contributed by atoms with Crippen molar-refractivity contribution in [2.75, 3.05) is 20.8 Å². The number of nitrogens with zero attached hydrogens (tertiary/aromatic N) is 2. The number of aromatic nitrogens is 2. The van der Waals surface area contributed by atoms with E-state index >= 15 is 0 Å². The van der Waals surface area contributed by atoms with Crippen molar-refractivity contribution in [2.45, 2.75) is 77.4 Å². The first-order chi connectivity index (χ1) is 25.3. The van der Waals surface area contributed by atoms with Gasteiger partial charge in [-0.3, -0.25) is 0 Å². The first-order valence-electron chi connectivity index (χ1n) is 16.7. The SMILES string of the molecule is COc1nc(OCc2cccc(-c3cccc(COc4ccc(CNCC(O)C(F)(F)C(=O)O)c(OC)n4)c3C)c2C)ccc1CCCC(O)C(F)F. The Labute approximate surface area is 304 Å². The van der Waals surface area contributed by atoms with Crippen LogP contribution in [-0.4, -0.2) is 76.6 Å². The minimum atomic E-state index is -4.29. The second-order valence-corrected chi connectivity index (χ2v) is 12.3. The van der Waals surface area contributed by atoms with Crippen molar-refractivity contribution in [3.63, 3.8) is 0 Å². The number of methoxy groups -OCH3 is 2. The molecular formula is C38H43F4N3O8. The zero-order valence-corrected chi connectivity index (χ0v) is 29.7. The summed E-state index contributed by atoms with van der Waals surface area (Å²) in [6.07, 6.45) is -6.13. The molecule has 4 aromatic rings. The van der Waals surface area contributed by atoms with Crippen LogP contribution in [0.4, 0.5) is 17.6 Å². The molecule has 53 heavy (non-hydrogen) atoms. The molecule has 2 atom stereocenters. The molecule has 2 aromatic carbocycles. The summed E-state index contributed by atoms with van der Waals surface area (Å²) in [5, 5.41) is 30.1. The van der Waals surface area contributed by atoms with Crippen LogP contribution in [0.1, 0.15) is 46.2 Å². The first kappa shape index (κ1) is 40.8. The van der Waals surface area contributed by atoms with E-state index in [0.29, 0.717) is 30.2 Å². The van der Waals surface area contributed by atoms with Gasteiger partial charge in [-0.15, -0.1) is 0 Å². The van der Waals surface area contributed by atoms with Gasteiger partial charge in [0.2, 0.25) is 23.5 Å². The summed E-state index contributed by atoms with van der Waals surface area (Å²) in [6, 6.07) is 18.5. The maximum absolute atomic E-state index is 13.5. The maximum atomic E-state index is 13.5. The Balaban J connectivity index is 1.39. The molecule has 286 valence electrons. The Kier molecular flexibility index (Phi) is 14.4. The number of carboxylic acid groups (broad SMARTS) is 1. The standard InChI is InChI=1S/C38H43F4N3O8/c1-22-26(20-52-32-16-14-24(35(44-32)50-3)8-7-13-30(46)34(39)40)9-5-11-28(22)29-12-6-10-27(23(29)2)21-53-33-17-15-25(36(45-33)51-4)18-43-19-31(47)38(41,42)37(48)49/h5-6,9-12,14-17,30-31,34,43,46-47H,7-8,13,18-21H2,1-4H3,(H,48,49). The number of hydrogen-bond donors (Lipinski definition) is 4. The molecule has 4 rings (SSSR count). The van der Waals surface area contributed by atoms with Crippen molar-refractivity contribution < 1.29 is 56.6 Å². The van der Waals surface area contributed by atoms with Crippen molar-refractivity contribution in [2.24, 2.45) is 0 Å². The van der Waals surface area contributed by atoms with Crippen LogP contribution in [-0.2, 0) is 31.0 Å². The van der Waals surface area contributed by atoms with E-state index in [-0.39, 0.29) is 37.9 Å². The second kappa shape index (κ2) is 18.7. The summed E-state index contributed by atoms with van der Waals surface area (Å²) in [4.78, 5) is 19.5. The highest BCUT2D eigenvalue weighted by Crippen LogP contribution is 2.32. The second-order valence-electron chi connectivity index (χ2n) is 12.3. The van der Waals surface area contributed by atoms with E-state index in [4.69, 9.17) is 24.1 Å². The highest BCUT2D eigenvalue weighted by atomic mass is 19.3. The quantitative estimate of drug-likeness (QED) is 0.0782. The molecule has 0 radical (unpaired) electrons. The predicted octanol–water partition coefficient (Wildman–Crippen LogP) is 6.05. The number of alkyl halides is 4. The summed E-state index contributed by atoms with van der Waals surface area (Å²) in [5.74, 6) is -5.61. The van der Waals surface area contributed by atoms with Gasteiger partial charge in [0, 0.05) is 36.3 Å². The monoisotopic (exact) mass is 745 g/mol. The van der Waals surface area contributed by atoms with Gasteiger partial charge in [-0.1, -0.05) is 36.4 Å². The Morgan fingerprint density at radius 2 is 1.30 bits per heavy atom. The first-order valence-corrected chi connectivity index (χ1v) is 16.7. The predicted molar refractivity (Wildman–Crippen MR) is 187 cm³/mol. The average molecular weight is 746 g/mol. The van der Waals surface area contributed by atoms with Crippen molar-refractivity contribution in [3.8, 4) is 34.6 Å². The van der Waals surface area contributed by atoms with Gasteiger partial charge in [0.05, 0.1) is 14.2 Å². The van der Waals surface area contributed by atoms with Crippen molar-refractivity contribution in [1.29, 1.82) is 0 Å². The molecular weight excluding hydrogens is 702 g/mol. The summed E-state index contributed by atoms with van der Waals surface area (Å²) in [6.45, 7) is 3.72. The molecule has 2 aromatic heterocycles. The third-order valence-electron chi connectivity index (χ3n) is 8.74. The number of rotatable bonds is 20. The lowest BCUT2D eigenvalue weighted by atomic mass is 9.92. The minimum Gasteiger partial charge on any atom is -0.481 e. The lowest BCUT2D eigenvalue weighted by Crippen LogP contribution is -2.46. The molecule has 0 fully saturated rings.